The van der Waals surface area contributed by atoms with E-state index < -0.39 is 5.41 Å². The summed E-state index contributed by atoms with van der Waals surface area (Å²) < 4.78 is 0. The predicted molar refractivity (Wildman–Crippen MR) is 106 cm³/mol. The molecule has 2 aromatic rings. The molecule has 0 unspecified atom stereocenters. The van der Waals surface area contributed by atoms with Crippen LogP contribution >= 0.6 is 0 Å². The molecule has 1 atom stereocenters. The molecule has 1 aliphatic rings. The van der Waals surface area contributed by atoms with Gasteiger partial charge in [-0.15, -0.1) is 0 Å². The Morgan fingerprint density at radius 2 is 1.74 bits per heavy atom. The van der Waals surface area contributed by atoms with Crippen LogP contribution in [0.2, 0.25) is 0 Å². The van der Waals surface area contributed by atoms with Crippen molar-refractivity contribution in [2.45, 2.75) is 33.1 Å². The van der Waals surface area contributed by atoms with Crippen molar-refractivity contribution in [3.8, 4) is 11.1 Å². The standard InChI is InChI=1S/C22H27N3O2/c1-16(2)13-20(26)25-12-9-22(15-25,21(23)27)14-17-3-5-18(6-4-17)19-7-10-24-11-8-19/h3-8,10-11,16H,9,12-15H2,1-2H3,(H2,23,27)/t22-/m0/s1. The molecule has 1 fully saturated rings. The molecule has 1 aromatic heterocycles. The second kappa shape index (κ2) is 7.91. The molecule has 0 bridgehead atoms. The molecule has 5 heteroatoms. The van der Waals surface area contributed by atoms with Crippen LogP contribution < -0.4 is 5.73 Å². The van der Waals surface area contributed by atoms with E-state index in [0.717, 1.165) is 16.7 Å². The minimum Gasteiger partial charge on any atom is -0.369 e. The van der Waals surface area contributed by atoms with Crippen molar-refractivity contribution < 1.29 is 9.59 Å². The largest absolute Gasteiger partial charge is 0.369 e. The monoisotopic (exact) mass is 365 g/mol. The third kappa shape index (κ3) is 4.35. The lowest BCUT2D eigenvalue weighted by atomic mass is 9.80. The highest BCUT2D eigenvalue weighted by Crippen LogP contribution is 2.35. The highest BCUT2D eigenvalue weighted by atomic mass is 16.2. The van der Waals surface area contributed by atoms with E-state index in [2.05, 4.69) is 17.1 Å². The van der Waals surface area contributed by atoms with Gasteiger partial charge in [-0.3, -0.25) is 14.6 Å². The number of carbonyl (C=O) groups is 2. The molecule has 27 heavy (non-hydrogen) atoms. The zero-order valence-corrected chi connectivity index (χ0v) is 16.0. The first-order valence-corrected chi connectivity index (χ1v) is 9.47. The number of nitrogens with two attached hydrogens (primary N) is 1. The van der Waals surface area contributed by atoms with Crippen LogP contribution in [0.15, 0.2) is 48.8 Å². The number of amides is 2. The smallest absolute Gasteiger partial charge is 0.225 e. The number of likely N-dealkylation sites (tertiary alicyclic amines) is 1. The molecule has 1 aliphatic heterocycles. The molecule has 0 spiro atoms. The van der Waals surface area contributed by atoms with Crippen molar-refractivity contribution in [3.05, 3.63) is 54.4 Å². The average molecular weight is 365 g/mol. The molecule has 2 amide bonds. The van der Waals surface area contributed by atoms with E-state index >= 15 is 0 Å². The van der Waals surface area contributed by atoms with Crippen LogP contribution in [0, 0.1) is 11.3 Å². The maximum atomic E-state index is 12.4. The maximum absolute atomic E-state index is 12.4. The van der Waals surface area contributed by atoms with E-state index in [1.54, 1.807) is 17.3 Å². The number of nitrogens with zero attached hydrogens (tertiary/aromatic N) is 2. The number of hydrogen-bond acceptors (Lipinski definition) is 3. The van der Waals surface area contributed by atoms with Crippen molar-refractivity contribution in [2.24, 2.45) is 17.1 Å². The summed E-state index contributed by atoms with van der Waals surface area (Å²) in [6.45, 7) is 5.07. The second-order valence-electron chi connectivity index (χ2n) is 7.92. The number of carbonyl (C=O) groups excluding carboxylic acids is 2. The SMILES string of the molecule is CC(C)CC(=O)N1CC[C@@](Cc2ccc(-c3ccncc3)cc2)(C(N)=O)C1. The van der Waals surface area contributed by atoms with Gasteiger partial charge in [-0.2, -0.15) is 0 Å². The van der Waals surface area contributed by atoms with Crippen LogP contribution in [0.3, 0.4) is 0 Å². The summed E-state index contributed by atoms with van der Waals surface area (Å²) in [5.74, 6) is 0.100. The van der Waals surface area contributed by atoms with Crippen LogP contribution in [-0.2, 0) is 16.0 Å². The molecule has 142 valence electrons. The summed E-state index contributed by atoms with van der Waals surface area (Å²) in [7, 11) is 0. The summed E-state index contributed by atoms with van der Waals surface area (Å²) in [6, 6.07) is 12.1. The lowest BCUT2D eigenvalue weighted by molar-refractivity contribution is -0.132. The van der Waals surface area contributed by atoms with E-state index in [1.807, 2.05) is 38.1 Å². The van der Waals surface area contributed by atoms with Crippen molar-refractivity contribution >= 4 is 11.8 Å². The number of benzene rings is 1. The minimum absolute atomic E-state index is 0.112. The lowest BCUT2D eigenvalue weighted by Gasteiger charge is -2.26. The van der Waals surface area contributed by atoms with Gasteiger partial charge in [0, 0.05) is 31.9 Å². The Hall–Kier alpha value is -2.69. The molecule has 0 saturated carbocycles. The zero-order chi connectivity index (χ0) is 19.4. The van der Waals surface area contributed by atoms with Crippen LogP contribution in [0.25, 0.3) is 11.1 Å². The summed E-state index contributed by atoms with van der Waals surface area (Å²) in [6.07, 6.45) is 5.23. The molecular formula is C22H27N3O2. The minimum atomic E-state index is -0.676. The van der Waals surface area contributed by atoms with Gasteiger partial charge in [0.15, 0.2) is 0 Å². The molecule has 2 heterocycles. The highest BCUT2D eigenvalue weighted by molar-refractivity contribution is 5.84. The molecule has 0 radical (unpaired) electrons. The van der Waals surface area contributed by atoms with E-state index in [1.165, 1.54) is 0 Å². The van der Waals surface area contributed by atoms with E-state index in [4.69, 9.17) is 5.73 Å². The highest BCUT2D eigenvalue weighted by Gasteiger charge is 2.44. The number of hydrogen-bond donors (Lipinski definition) is 1. The Morgan fingerprint density at radius 3 is 2.33 bits per heavy atom. The van der Waals surface area contributed by atoms with Gasteiger partial charge in [-0.05, 0) is 47.6 Å². The Labute approximate surface area is 160 Å². The Bertz CT molecular complexity index is 802. The molecule has 1 saturated heterocycles. The summed E-state index contributed by atoms with van der Waals surface area (Å²) >= 11 is 0. The first-order valence-electron chi connectivity index (χ1n) is 9.47. The van der Waals surface area contributed by atoms with Crippen molar-refractivity contribution in [3.63, 3.8) is 0 Å². The fourth-order valence-corrected chi connectivity index (χ4v) is 3.75. The van der Waals surface area contributed by atoms with Gasteiger partial charge in [-0.25, -0.2) is 0 Å². The molecular weight excluding hydrogens is 338 g/mol. The number of pyridine rings is 1. The Morgan fingerprint density at radius 1 is 1.11 bits per heavy atom. The van der Waals surface area contributed by atoms with Crippen LogP contribution in [0.5, 0.6) is 0 Å². The molecule has 0 aliphatic carbocycles. The molecule has 2 N–H and O–H groups in total. The van der Waals surface area contributed by atoms with Crippen molar-refractivity contribution in [1.82, 2.24) is 9.88 Å². The van der Waals surface area contributed by atoms with Gasteiger partial charge in [-0.1, -0.05) is 38.1 Å². The quantitative estimate of drug-likeness (QED) is 0.855. The Kier molecular flexibility index (Phi) is 5.59. The van der Waals surface area contributed by atoms with Gasteiger partial charge in [0.05, 0.1) is 5.41 Å². The van der Waals surface area contributed by atoms with E-state index in [-0.39, 0.29) is 11.8 Å². The van der Waals surface area contributed by atoms with Gasteiger partial charge in [0.2, 0.25) is 11.8 Å². The van der Waals surface area contributed by atoms with Gasteiger partial charge < -0.3 is 10.6 Å². The lowest BCUT2D eigenvalue weighted by Crippen LogP contribution is -2.42. The predicted octanol–water partition coefficient (Wildman–Crippen LogP) is 3.04. The topological polar surface area (TPSA) is 76.3 Å². The van der Waals surface area contributed by atoms with Gasteiger partial charge in [0.1, 0.15) is 0 Å². The summed E-state index contributed by atoms with van der Waals surface area (Å²) in [5, 5.41) is 0. The second-order valence-corrected chi connectivity index (χ2v) is 7.92. The third-order valence-corrected chi connectivity index (χ3v) is 5.32. The molecule has 1 aromatic carbocycles. The molecule has 3 rings (SSSR count). The number of aromatic nitrogens is 1. The number of rotatable bonds is 6. The fraction of sp³-hybridized carbons (Fsp3) is 0.409. The van der Waals surface area contributed by atoms with Crippen LogP contribution in [-0.4, -0.2) is 34.8 Å². The zero-order valence-electron chi connectivity index (χ0n) is 16.0. The normalized spacial score (nSPS) is 19.4. The van der Waals surface area contributed by atoms with E-state index in [9.17, 15) is 9.59 Å². The van der Waals surface area contributed by atoms with Gasteiger partial charge in [0.25, 0.3) is 0 Å². The Balaban J connectivity index is 1.74. The summed E-state index contributed by atoms with van der Waals surface area (Å²) in [4.78, 5) is 30.5. The molecule has 5 nitrogen and oxygen atoms in total. The summed E-state index contributed by atoms with van der Waals surface area (Å²) in [5.41, 5.74) is 8.38. The van der Waals surface area contributed by atoms with Gasteiger partial charge >= 0.3 is 0 Å². The van der Waals surface area contributed by atoms with Crippen molar-refractivity contribution in [2.75, 3.05) is 13.1 Å². The van der Waals surface area contributed by atoms with Crippen molar-refractivity contribution in [1.29, 1.82) is 0 Å². The maximum Gasteiger partial charge on any atom is 0.225 e. The van der Waals surface area contributed by atoms with E-state index in [0.29, 0.717) is 38.3 Å². The fourth-order valence-electron chi connectivity index (χ4n) is 3.75. The van der Waals surface area contributed by atoms with Crippen LogP contribution in [0.1, 0.15) is 32.3 Å². The first kappa shape index (κ1) is 19.1. The number of primary amides is 1. The third-order valence-electron chi connectivity index (χ3n) is 5.32. The van der Waals surface area contributed by atoms with Crippen LogP contribution in [0.4, 0.5) is 0 Å². The average Bonchev–Trinajstić information content (AvgIpc) is 3.08. The first-order chi connectivity index (χ1) is 12.9.